The molecule has 0 radical (unpaired) electrons. The average molecular weight is 437 g/mol. The predicted octanol–water partition coefficient (Wildman–Crippen LogP) is 3.54. The maximum Gasteiger partial charge on any atom is 0.438 e. The predicted molar refractivity (Wildman–Crippen MR) is 80.7 cm³/mol. The molecule has 0 saturated heterocycles. The van der Waals surface area contributed by atoms with Crippen molar-refractivity contribution in [3.63, 3.8) is 0 Å². The van der Waals surface area contributed by atoms with Gasteiger partial charge in [-0.15, -0.1) is 0 Å². The number of carbonyl (C=O) groups excluding carboxylic acids is 1. The minimum Gasteiger partial charge on any atom is -0.748 e. The zero-order valence-electron chi connectivity index (χ0n) is 14.6. The van der Waals surface area contributed by atoms with E-state index in [0.717, 1.165) is 19.3 Å². The van der Waals surface area contributed by atoms with Crippen LogP contribution >= 0.6 is 0 Å². The molecule has 4 saturated carbocycles. The number of alkyl halides is 6. The molecule has 4 bridgehead atoms. The highest BCUT2D eigenvalue weighted by Crippen LogP contribution is 2.61. The molecule has 0 atom stereocenters. The molecule has 12 heteroatoms. The van der Waals surface area contributed by atoms with Crippen LogP contribution in [0.2, 0.25) is 0 Å². The third-order valence-corrected chi connectivity index (χ3v) is 7.03. The SMILES string of the molecule is O=C(CC12CC3CC(CC(C3)C1)C2)OC(CS(=O)(=O)[O-])(C(F)(F)F)C(F)(F)F. The molecule has 4 aliphatic carbocycles. The van der Waals surface area contributed by atoms with E-state index in [1.165, 1.54) is 0 Å². The smallest absolute Gasteiger partial charge is 0.438 e. The Balaban J connectivity index is 1.85. The second-order valence-electron chi connectivity index (χ2n) is 8.59. The molecule has 0 aromatic carbocycles. The minimum absolute atomic E-state index is 0.288. The zero-order chi connectivity index (χ0) is 21.2. The fourth-order valence-corrected chi connectivity index (χ4v) is 6.65. The molecule has 28 heavy (non-hydrogen) atoms. The van der Waals surface area contributed by atoms with Gasteiger partial charge in [-0.3, -0.25) is 4.79 Å². The van der Waals surface area contributed by atoms with Gasteiger partial charge in [-0.05, 0) is 61.7 Å². The van der Waals surface area contributed by atoms with Crippen molar-refractivity contribution in [2.75, 3.05) is 5.75 Å². The molecular weight excluding hydrogens is 418 g/mol. The van der Waals surface area contributed by atoms with Crippen LogP contribution < -0.4 is 0 Å². The summed E-state index contributed by atoms with van der Waals surface area (Å²) in [6, 6.07) is 0. The van der Waals surface area contributed by atoms with Crippen LogP contribution in [-0.2, 0) is 19.6 Å². The summed E-state index contributed by atoms with van der Waals surface area (Å²) in [6.07, 6.45) is -8.88. The molecule has 0 spiro atoms. The van der Waals surface area contributed by atoms with E-state index < -0.39 is 51.6 Å². The van der Waals surface area contributed by atoms with Crippen LogP contribution in [-0.4, -0.2) is 42.6 Å². The lowest BCUT2D eigenvalue weighted by molar-refractivity contribution is -0.362. The summed E-state index contributed by atoms with van der Waals surface area (Å²) in [5.74, 6) is -3.86. The summed E-state index contributed by atoms with van der Waals surface area (Å²) >= 11 is 0. The number of esters is 1. The third-order valence-electron chi connectivity index (χ3n) is 6.27. The van der Waals surface area contributed by atoms with Crippen LogP contribution in [0.5, 0.6) is 0 Å². The number of halogens is 6. The first-order valence-electron chi connectivity index (χ1n) is 8.83. The molecule has 0 aliphatic heterocycles. The quantitative estimate of drug-likeness (QED) is 0.373. The first-order valence-corrected chi connectivity index (χ1v) is 10.4. The molecular formula is C16H19F6O5S-. The van der Waals surface area contributed by atoms with Crippen LogP contribution in [0.15, 0.2) is 0 Å². The van der Waals surface area contributed by atoms with E-state index in [1.54, 1.807) is 0 Å². The molecule has 0 unspecified atom stereocenters. The number of hydrogen-bond donors (Lipinski definition) is 0. The first-order chi connectivity index (χ1) is 12.5. The number of hydrogen-bond acceptors (Lipinski definition) is 5. The molecule has 4 rings (SSSR count). The standard InChI is InChI=1S/C16H20F6O5S/c17-15(18,19)14(16(20,21)22,8-28(24,25)26)27-12(23)7-13-4-9-1-10(5-13)3-11(2-9)6-13/h9-11H,1-8H2,(H,24,25,26)/p-1. The van der Waals surface area contributed by atoms with E-state index in [4.69, 9.17) is 0 Å². The second-order valence-corrected chi connectivity index (χ2v) is 10.00. The summed E-state index contributed by atoms with van der Waals surface area (Å²) in [4.78, 5) is 12.2. The van der Waals surface area contributed by atoms with Gasteiger partial charge in [0.1, 0.15) is 0 Å². The van der Waals surface area contributed by atoms with Gasteiger partial charge in [0.25, 0.3) is 0 Å². The van der Waals surface area contributed by atoms with Crippen LogP contribution in [0.3, 0.4) is 0 Å². The Labute approximate surface area is 157 Å². The third kappa shape index (κ3) is 3.99. The Morgan fingerprint density at radius 3 is 1.64 bits per heavy atom. The summed E-state index contributed by atoms with van der Waals surface area (Å²) in [5.41, 5.74) is -6.09. The van der Waals surface area contributed by atoms with E-state index in [2.05, 4.69) is 4.74 Å². The van der Waals surface area contributed by atoms with Gasteiger partial charge in [-0.2, -0.15) is 26.3 Å². The molecule has 4 aliphatic rings. The van der Waals surface area contributed by atoms with Crippen LogP contribution in [0.1, 0.15) is 44.9 Å². The molecule has 0 amide bonds. The van der Waals surface area contributed by atoms with Gasteiger partial charge in [-0.25, -0.2) is 8.42 Å². The molecule has 162 valence electrons. The van der Waals surface area contributed by atoms with Gasteiger partial charge in [0.15, 0.2) is 0 Å². The van der Waals surface area contributed by atoms with Gasteiger partial charge >= 0.3 is 23.9 Å². The van der Waals surface area contributed by atoms with E-state index in [1.807, 2.05) is 0 Å². The molecule has 0 aromatic rings. The van der Waals surface area contributed by atoms with Crippen molar-refractivity contribution in [1.82, 2.24) is 0 Å². The molecule has 5 nitrogen and oxygen atoms in total. The maximum atomic E-state index is 13.3. The van der Waals surface area contributed by atoms with Gasteiger partial charge in [-0.1, -0.05) is 0 Å². The van der Waals surface area contributed by atoms with Gasteiger partial charge in [0.05, 0.1) is 22.3 Å². The van der Waals surface area contributed by atoms with Gasteiger partial charge < -0.3 is 9.29 Å². The normalized spacial score (nSPS) is 33.2. The number of carbonyl (C=O) groups is 1. The van der Waals surface area contributed by atoms with Crippen molar-refractivity contribution < 1.29 is 48.8 Å². The van der Waals surface area contributed by atoms with Crippen molar-refractivity contribution in [1.29, 1.82) is 0 Å². The average Bonchev–Trinajstić information content (AvgIpc) is 2.39. The minimum atomic E-state index is -6.32. The highest BCUT2D eigenvalue weighted by Gasteiger charge is 2.75. The van der Waals surface area contributed by atoms with Crippen molar-refractivity contribution in [3.05, 3.63) is 0 Å². The van der Waals surface area contributed by atoms with Crippen molar-refractivity contribution >= 4 is 16.1 Å². The monoisotopic (exact) mass is 437 g/mol. The van der Waals surface area contributed by atoms with Gasteiger partial charge in [0.2, 0.25) is 0 Å². The Morgan fingerprint density at radius 1 is 0.929 bits per heavy atom. The van der Waals surface area contributed by atoms with E-state index in [0.29, 0.717) is 19.3 Å². The Hall–Kier alpha value is -1.04. The summed E-state index contributed by atoms with van der Waals surface area (Å²) in [7, 11) is -6.01. The lowest BCUT2D eigenvalue weighted by Gasteiger charge is -2.56. The highest BCUT2D eigenvalue weighted by atomic mass is 32.2. The van der Waals surface area contributed by atoms with Crippen molar-refractivity contribution in [3.8, 4) is 0 Å². The van der Waals surface area contributed by atoms with E-state index in [9.17, 15) is 44.1 Å². The lowest BCUT2D eigenvalue weighted by atomic mass is 9.49. The Bertz CT molecular complexity index is 692. The van der Waals surface area contributed by atoms with Gasteiger partial charge in [0, 0.05) is 0 Å². The number of rotatable bonds is 5. The first kappa shape index (κ1) is 21.7. The second kappa shape index (κ2) is 6.48. The Kier molecular flexibility index (Phi) is 5.01. The fourth-order valence-electron chi connectivity index (χ4n) is 5.76. The molecule has 4 fully saturated rings. The largest absolute Gasteiger partial charge is 0.748 e. The molecule has 0 N–H and O–H groups in total. The Morgan fingerprint density at radius 2 is 1.32 bits per heavy atom. The molecule has 0 aromatic heterocycles. The van der Waals surface area contributed by atoms with Crippen molar-refractivity contribution in [2.24, 2.45) is 23.2 Å². The summed E-state index contributed by atoms with van der Waals surface area (Å²) in [6.45, 7) is 0. The maximum absolute atomic E-state index is 13.3. The van der Waals surface area contributed by atoms with E-state index >= 15 is 0 Å². The summed E-state index contributed by atoms with van der Waals surface area (Å²) < 4.78 is 116. The molecule has 0 heterocycles. The van der Waals surface area contributed by atoms with E-state index in [-0.39, 0.29) is 17.8 Å². The zero-order valence-corrected chi connectivity index (χ0v) is 15.4. The van der Waals surface area contributed by atoms with Crippen molar-refractivity contribution in [2.45, 2.75) is 62.9 Å². The fraction of sp³-hybridized carbons (Fsp3) is 0.938. The lowest BCUT2D eigenvalue weighted by Crippen LogP contribution is -2.63. The number of ether oxygens (including phenoxy) is 1. The highest BCUT2D eigenvalue weighted by molar-refractivity contribution is 7.85. The van der Waals surface area contributed by atoms with Crippen LogP contribution in [0.4, 0.5) is 26.3 Å². The van der Waals surface area contributed by atoms with Crippen LogP contribution in [0.25, 0.3) is 0 Å². The topological polar surface area (TPSA) is 83.5 Å². The summed E-state index contributed by atoms with van der Waals surface area (Å²) in [5, 5.41) is 0. The van der Waals surface area contributed by atoms with Crippen LogP contribution in [0, 0.1) is 23.2 Å².